The van der Waals surface area contributed by atoms with Crippen molar-refractivity contribution in [3.8, 4) is 11.3 Å². The number of nitrogens with one attached hydrogen (secondary N) is 1. The highest BCUT2D eigenvalue weighted by Gasteiger charge is 2.10. The lowest BCUT2D eigenvalue weighted by atomic mass is 10.2. The van der Waals surface area contributed by atoms with Gasteiger partial charge in [0.1, 0.15) is 16.1 Å². The molecule has 0 atom stereocenters. The first-order valence-corrected chi connectivity index (χ1v) is 6.06. The lowest BCUT2D eigenvalue weighted by Gasteiger charge is -2.00. The minimum atomic E-state index is 0.361. The Hall–Kier alpha value is -0.550. The molecular formula is C10H8BrCl2N3. The maximum absolute atomic E-state index is 5.95. The molecule has 2 aromatic rings. The summed E-state index contributed by atoms with van der Waals surface area (Å²) >= 11 is 15.2. The highest BCUT2D eigenvalue weighted by molar-refractivity contribution is 9.10. The second-order valence-electron chi connectivity index (χ2n) is 3.18. The second kappa shape index (κ2) is 4.75. The fourth-order valence-electron chi connectivity index (χ4n) is 1.33. The molecule has 0 unspecified atom stereocenters. The van der Waals surface area contributed by atoms with E-state index in [1.54, 1.807) is 12.1 Å². The van der Waals surface area contributed by atoms with Crippen molar-refractivity contribution in [3.05, 3.63) is 38.7 Å². The largest absolute Gasteiger partial charge is 0.335 e. The number of hydrogen-bond acceptors (Lipinski definition) is 2. The molecule has 1 aromatic carbocycles. The number of nitrogens with zero attached hydrogens (tertiary/aromatic N) is 1. The molecular weight excluding hydrogens is 313 g/mol. The number of hydrogen-bond donors (Lipinski definition) is 2. The van der Waals surface area contributed by atoms with Gasteiger partial charge in [0.15, 0.2) is 0 Å². The smallest absolute Gasteiger partial charge is 0.121 e. The molecule has 0 spiro atoms. The highest BCUT2D eigenvalue weighted by Crippen LogP contribution is 2.31. The van der Waals surface area contributed by atoms with Gasteiger partial charge in [-0.3, -0.25) is 0 Å². The Bertz CT molecular complexity index is 525. The molecule has 3 N–H and O–H groups in total. The molecule has 0 fully saturated rings. The molecule has 0 saturated heterocycles. The summed E-state index contributed by atoms with van der Waals surface area (Å²) < 4.78 is 0.784. The normalized spacial score (nSPS) is 10.8. The van der Waals surface area contributed by atoms with Gasteiger partial charge in [0, 0.05) is 5.56 Å². The van der Waals surface area contributed by atoms with Crippen LogP contribution in [0.3, 0.4) is 0 Å². The van der Waals surface area contributed by atoms with Gasteiger partial charge in [0.05, 0.1) is 16.6 Å². The van der Waals surface area contributed by atoms with Gasteiger partial charge >= 0.3 is 0 Å². The average Bonchev–Trinajstić information content (AvgIpc) is 2.64. The van der Waals surface area contributed by atoms with Crippen molar-refractivity contribution < 1.29 is 0 Å². The van der Waals surface area contributed by atoms with E-state index in [1.165, 1.54) is 0 Å². The van der Waals surface area contributed by atoms with Gasteiger partial charge in [0.25, 0.3) is 0 Å². The predicted molar refractivity (Wildman–Crippen MR) is 69.6 cm³/mol. The molecule has 2 rings (SSSR count). The van der Waals surface area contributed by atoms with E-state index in [-0.39, 0.29) is 0 Å². The average molecular weight is 321 g/mol. The van der Waals surface area contributed by atoms with E-state index in [2.05, 4.69) is 25.9 Å². The van der Waals surface area contributed by atoms with E-state index < -0.39 is 0 Å². The van der Waals surface area contributed by atoms with Gasteiger partial charge in [0.2, 0.25) is 0 Å². The molecule has 0 amide bonds. The number of imidazole rings is 1. The fraction of sp³-hybridized carbons (Fsp3) is 0.100. The van der Waals surface area contributed by atoms with E-state index in [0.29, 0.717) is 22.4 Å². The van der Waals surface area contributed by atoms with Crippen LogP contribution in [0, 0.1) is 0 Å². The topological polar surface area (TPSA) is 54.7 Å². The third-order valence-corrected chi connectivity index (χ3v) is 3.41. The Labute approximate surface area is 111 Å². The first-order chi connectivity index (χ1) is 7.61. The maximum Gasteiger partial charge on any atom is 0.121 e. The zero-order valence-corrected chi connectivity index (χ0v) is 11.2. The predicted octanol–water partition coefficient (Wildman–Crippen LogP) is 3.60. The van der Waals surface area contributed by atoms with Crippen LogP contribution in [-0.2, 0) is 6.54 Å². The van der Waals surface area contributed by atoms with Gasteiger partial charge in [-0.2, -0.15) is 0 Å². The summed E-state index contributed by atoms with van der Waals surface area (Å²) in [5.41, 5.74) is 7.17. The van der Waals surface area contributed by atoms with Gasteiger partial charge < -0.3 is 10.7 Å². The van der Waals surface area contributed by atoms with E-state index in [4.69, 9.17) is 28.9 Å². The van der Waals surface area contributed by atoms with Crippen LogP contribution in [0.4, 0.5) is 0 Å². The summed E-state index contributed by atoms with van der Waals surface area (Å²) in [5, 5.41) is 1.03. The molecule has 6 heteroatoms. The minimum Gasteiger partial charge on any atom is -0.335 e. The Morgan fingerprint density at radius 1 is 1.31 bits per heavy atom. The maximum atomic E-state index is 5.95. The minimum absolute atomic E-state index is 0.361. The number of rotatable bonds is 2. The summed E-state index contributed by atoms with van der Waals surface area (Å²) in [6.07, 6.45) is 0. The molecule has 0 saturated carbocycles. The Balaban J connectivity index is 2.49. The Morgan fingerprint density at radius 2 is 2.06 bits per heavy atom. The lowest BCUT2D eigenvalue weighted by molar-refractivity contribution is 0.947. The molecule has 16 heavy (non-hydrogen) atoms. The van der Waals surface area contributed by atoms with Gasteiger partial charge in [-0.05, 0) is 28.1 Å². The van der Waals surface area contributed by atoms with Crippen molar-refractivity contribution in [1.82, 2.24) is 9.97 Å². The quantitative estimate of drug-likeness (QED) is 0.888. The summed E-state index contributed by atoms with van der Waals surface area (Å²) in [5.74, 6) is 0.716. The SMILES string of the molecule is NCc1nc(-c2ccc(Cl)c(Cl)c2)c(Br)[nH]1. The van der Waals surface area contributed by atoms with Crippen molar-refractivity contribution >= 4 is 39.1 Å². The summed E-state index contributed by atoms with van der Waals surface area (Å²) in [7, 11) is 0. The zero-order valence-electron chi connectivity index (χ0n) is 8.10. The van der Waals surface area contributed by atoms with Crippen LogP contribution in [0.2, 0.25) is 10.0 Å². The van der Waals surface area contributed by atoms with Crippen LogP contribution in [0.25, 0.3) is 11.3 Å². The molecule has 1 heterocycles. The Kier molecular flexibility index (Phi) is 3.54. The molecule has 84 valence electrons. The van der Waals surface area contributed by atoms with Crippen molar-refractivity contribution in [2.24, 2.45) is 5.73 Å². The first kappa shape index (κ1) is 11.9. The van der Waals surface area contributed by atoms with Crippen molar-refractivity contribution in [1.29, 1.82) is 0 Å². The number of aromatic nitrogens is 2. The molecule has 0 aliphatic rings. The summed E-state index contributed by atoms with van der Waals surface area (Å²) in [4.78, 5) is 7.37. The van der Waals surface area contributed by atoms with E-state index in [0.717, 1.165) is 15.9 Å². The summed E-state index contributed by atoms with van der Waals surface area (Å²) in [6, 6.07) is 5.36. The third kappa shape index (κ3) is 2.25. The van der Waals surface area contributed by atoms with Crippen LogP contribution < -0.4 is 5.73 Å². The monoisotopic (exact) mass is 319 g/mol. The number of halogens is 3. The van der Waals surface area contributed by atoms with Crippen LogP contribution in [0.1, 0.15) is 5.82 Å². The number of nitrogens with two attached hydrogens (primary N) is 1. The summed E-state index contributed by atoms with van der Waals surface area (Å²) in [6.45, 7) is 0.361. The van der Waals surface area contributed by atoms with Crippen molar-refractivity contribution in [2.45, 2.75) is 6.54 Å². The van der Waals surface area contributed by atoms with Crippen LogP contribution in [0.5, 0.6) is 0 Å². The standard InChI is InChI=1S/C10H8BrCl2N3/c11-10-9(15-8(4-14)16-10)5-1-2-6(12)7(13)3-5/h1-3H,4,14H2,(H,15,16). The van der Waals surface area contributed by atoms with Crippen LogP contribution in [0.15, 0.2) is 22.8 Å². The third-order valence-electron chi connectivity index (χ3n) is 2.10. The Morgan fingerprint density at radius 3 is 2.62 bits per heavy atom. The fourth-order valence-corrected chi connectivity index (χ4v) is 2.17. The molecule has 0 aliphatic carbocycles. The molecule has 0 aliphatic heterocycles. The van der Waals surface area contributed by atoms with Crippen LogP contribution >= 0.6 is 39.1 Å². The van der Waals surface area contributed by atoms with Gasteiger partial charge in [-0.15, -0.1) is 0 Å². The number of H-pyrrole nitrogens is 1. The van der Waals surface area contributed by atoms with Gasteiger partial charge in [-0.1, -0.05) is 29.3 Å². The zero-order chi connectivity index (χ0) is 11.7. The molecule has 3 nitrogen and oxygen atoms in total. The van der Waals surface area contributed by atoms with E-state index in [1.807, 2.05) is 6.07 Å². The van der Waals surface area contributed by atoms with Gasteiger partial charge in [-0.25, -0.2) is 4.98 Å². The number of aromatic amines is 1. The van der Waals surface area contributed by atoms with E-state index in [9.17, 15) is 0 Å². The molecule has 0 radical (unpaired) electrons. The second-order valence-corrected chi connectivity index (χ2v) is 4.79. The van der Waals surface area contributed by atoms with Crippen LogP contribution in [-0.4, -0.2) is 9.97 Å². The first-order valence-electron chi connectivity index (χ1n) is 4.51. The molecule has 1 aromatic heterocycles. The van der Waals surface area contributed by atoms with E-state index >= 15 is 0 Å². The number of benzene rings is 1. The lowest BCUT2D eigenvalue weighted by Crippen LogP contribution is -1.97. The van der Waals surface area contributed by atoms with Crippen molar-refractivity contribution in [3.63, 3.8) is 0 Å². The molecule has 0 bridgehead atoms. The van der Waals surface area contributed by atoms with Crippen molar-refractivity contribution in [2.75, 3.05) is 0 Å². The highest BCUT2D eigenvalue weighted by atomic mass is 79.9.